The van der Waals surface area contributed by atoms with Gasteiger partial charge in [0.05, 0.1) is 12.9 Å². The number of fused-ring (bicyclic) bond motifs is 1. The monoisotopic (exact) mass is 663 g/mol. The van der Waals surface area contributed by atoms with Crippen LogP contribution in [-0.4, -0.2) is 73.6 Å². The van der Waals surface area contributed by atoms with E-state index in [1.54, 1.807) is 38.0 Å². The molecule has 2 aromatic heterocycles. The van der Waals surface area contributed by atoms with Crippen molar-refractivity contribution in [2.75, 3.05) is 13.2 Å². The number of rotatable bonds is 12. The van der Waals surface area contributed by atoms with Crippen LogP contribution in [0.15, 0.2) is 36.7 Å². The van der Waals surface area contributed by atoms with E-state index in [4.69, 9.17) is 29.7 Å². The molecule has 3 aromatic rings. The van der Waals surface area contributed by atoms with Crippen LogP contribution in [-0.2, 0) is 23.4 Å². The van der Waals surface area contributed by atoms with Gasteiger partial charge in [-0.3, -0.25) is 13.9 Å². The molecule has 13 nitrogen and oxygen atoms in total. The number of benzene rings is 1. The van der Waals surface area contributed by atoms with E-state index >= 15 is 8.78 Å². The summed E-state index contributed by atoms with van der Waals surface area (Å²) >= 11 is 0. The van der Waals surface area contributed by atoms with Gasteiger partial charge in [0.1, 0.15) is 30.3 Å². The first kappa shape index (κ1) is 33.7. The number of aromatic nitrogens is 4. The molecular formula is C30H36F2N5O8P. The number of nitrogens with one attached hydrogen (secondary N) is 1. The molecule has 1 aromatic carbocycles. The summed E-state index contributed by atoms with van der Waals surface area (Å²) in [7, 11) is -4.63. The van der Waals surface area contributed by atoms with Crippen LogP contribution in [0, 0.1) is 19.3 Å². The zero-order valence-electron chi connectivity index (χ0n) is 25.6. The first-order chi connectivity index (χ1) is 21.9. The number of hydrogen-bond donors (Lipinski definition) is 2. The van der Waals surface area contributed by atoms with Gasteiger partial charge in [0, 0.05) is 0 Å². The van der Waals surface area contributed by atoms with Gasteiger partial charge in [-0.15, -0.1) is 6.42 Å². The van der Waals surface area contributed by atoms with Crippen molar-refractivity contribution in [1.82, 2.24) is 24.6 Å². The van der Waals surface area contributed by atoms with E-state index in [0.29, 0.717) is 12.8 Å². The van der Waals surface area contributed by atoms with Gasteiger partial charge in [0.2, 0.25) is 11.5 Å². The number of nitrogens with zero attached hydrogens (tertiary/aromatic N) is 4. The number of hydrogen-bond acceptors (Lipinski definition) is 11. The minimum atomic E-state index is -4.63. The molecular weight excluding hydrogens is 627 g/mol. The molecule has 0 bridgehead atoms. The number of imidazole rings is 1. The van der Waals surface area contributed by atoms with Gasteiger partial charge >= 0.3 is 13.7 Å². The Labute approximate surface area is 264 Å². The van der Waals surface area contributed by atoms with Crippen LogP contribution in [0.25, 0.3) is 11.2 Å². The largest absolute Gasteiger partial charge is 0.476 e. The summed E-state index contributed by atoms with van der Waals surface area (Å²) in [6.45, 7) is 3.59. The lowest BCUT2D eigenvalue weighted by Gasteiger charge is -2.28. The van der Waals surface area contributed by atoms with E-state index in [2.05, 4.69) is 20.0 Å². The van der Waals surface area contributed by atoms with Gasteiger partial charge < -0.3 is 23.8 Å². The molecule has 46 heavy (non-hydrogen) atoms. The van der Waals surface area contributed by atoms with E-state index < -0.39 is 50.2 Å². The van der Waals surface area contributed by atoms with E-state index in [-0.39, 0.29) is 41.3 Å². The Morgan fingerprint density at radius 2 is 1.98 bits per heavy atom. The van der Waals surface area contributed by atoms with Gasteiger partial charge in [0.25, 0.3) is 5.85 Å². The summed E-state index contributed by atoms with van der Waals surface area (Å²) in [5.74, 6) is -1.91. The summed E-state index contributed by atoms with van der Waals surface area (Å²) < 4.78 is 75.3. The highest BCUT2D eigenvalue weighted by atomic mass is 31.2. The molecule has 2 unspecified atom stereocenters. The van der Waals surface area contributed by atoms with Crippen molar-refractivity contribution in [2.24, 2.45) is 0 Å². The maximum Gasteiger partial charge on any atom is 0.459 e. The van der Waals surface area contributed by atoms with Crippen LogP contribution < -0.4 is 14.3 Å². The number of para-hydroxylation sites is 1. The second-order valence-electron chi connectivity index (χ2n) is 11.1. The number of halogens is 2. The fourth-order valence-electron chi connectivity index (χ4n) is 5.33. The molecule has 0 amide bonds. The van der Waals surface area contributed by atoms with Crippen molar-refractivity contribution in [3.8, 4) is 24.0 Å². The predicted molar refractivity (Wildman–Crippen MR) is 160 cm³/mol. The van der Waals surface area contributed by atoms with Crippen LogP contribution in [0.2, 0.25) is 0 Å². The van der Waals surface area contributed by atoms with Crippen molar-refractivity contribution in [3.05, 3.63) is 42.5 Å². The summed E-state index contributed by atoms with van der Waals surface area (Å²) in [4.78, 5) is 25.5. The van der Waals surface area contributed by atoms with Crippen molar-refractivity contribution >= 4 is 24.9 Å². The van der Waals surface area contributed by atoms with E-state index in [1.165, 1.54) is 19.1 Å². The third-order valence-corrected chi connectivity index (χ3v) is 9.29. The molecule has 2 fully saturated rings. The van der Waals surface area contributed by atoms with Crippen molar-refractivity contribution in [1.29, 1.82) is 0 Å². The lowest BCUT2D eigenvalue weighted by Crippen LogP contribution is -2.48. The molecule has 0 spiro atoms. The van der Waals surface area contributed by atoms with Crippen LogP contribution in [0.3, 0.4) is 0 Å². The second-order valence-corrected chi connectivity index (χ2v) is 12.8. The fraction of sp³-hybridized carbons (Fsp3) is 0.533. The topological polar surface area (TPSA) is 156 Å². The lowest BCUT2D eigenvalue weighted by atomic mass is 9.96. The molecule has 248 valence electrons. The van der Waals surface area contributed by atoms with Gasteiger partial charge in [-0.1, -0.05) is 30.5 Å². The molecule has 1 saturated heterocycles. The van der Waals surface area contributed by atoms with Crippen LogP contribution >= 0.6 is 7.75 Å². The Kier molecular flexibility index (Phi) is 9.95. The molecule has 6 atom stereocenters. The smallest absolute Gasteiger partial charge is 0.459 e. The van der Waals surface area contributed by atoms with Crippen molar-refractivity contribution in [2.45, 2.75) is 88.9 Å². The number of aryl methyl sites for hydroxylation is 1. The number of esters is 1. The van der Waals surface area contributed by atoms with Gasteiger partial charge in [-0.05, 0) is 58.6 Å². The molecule has 1 aliphatic carbocycles. The minimum absolute atomic E-state index is 0.000598. The summed E-state index contributed by atoms with van der Waals surface area (Å²) in [5, 5.41) is 13.4. The predicted octanol–water partition coefficient (Wildman–Crippen LogP) is 4.49. The van der Waals surface area contributed by atoms with Crippen LogP contribution in [0.5, 0.6) is 11.6 Å². The Hall–Kier alpha value is -3.67. The van der Waals surface area contributed by atoms with Gasteiger partial charge in [0.15, 0.2) is 23.5 Å². The van der Waals surface area contributed by atoms with Crippen LogP contribution in [0.1, 0.15) is 58.0 Å². The highest BCUT2D eigenvalue weighted by Crippen LogP contribution is 2.52. The zero-order valence-corrected chi connectivity index (χ0v) is 26.5. The number of aliphatic hydroxyl groups excluding tert-OH is 1. The Morgan fingerprint density at radius 1 is 1.26 bits per heavy atom. The highest BCUT2D eigenvalue weighted by Gasteiger charge is 2.67. The number of ether oxygens (including phenoxy) is 3. The van der Waals surface area contributed by atoms with Gasteiger partial charge in [-0.25, -0.2) is 23.3 Å². The summed E-state index contributed by atoms with van der Waals surface area (Å²) in [6.07, 6.45) is 5.96. The number of aliphatic hydroxyl groups is 1. The first-order valence-electron chi connectivity index (χ1n) is 14.9. The highest BCUT2D eigenvalue weighted by molar-refractivity contribution is 7.52. The molecule has 1 aliphatic heterocycles. The average Bonchev–Trinajstić information content (AvgIpc) is 3.54. The standard InChI is InChI=1S/C30H36F2N5O8P/c1-5-29(31)27(39)30(32,44-28(29)37-18-33-23-24(37)34-20(4)35-25(23)41-6-2)17-42-46(40,45-22-15-11-8-12-16-22)36-19(3)26(38)43-21-13-9-7-10-14-21/h1,8,11-12,15-16,18-19,21,27-28,39H,6-7,9-10,13-14,17H2,2-4H3,(H,36,40)/t19?,27-,28+,29+,30+,46?/m0/s1. The summed E-state index contributed by atoms with van der Waals surface area (Å²) in [6, 6.07) is 6.56. The first-order valence-corrected chi connectivity index (χ1v) is 16.5. The molecule has 2 aliphatic rings. The third-order valence-electron chi connectivity index (χ3n) is 7.67. The molecule has 0 radical (unpaired) electrons. The van der Waals surface area contributed by atoms with Crippen molar-refractivity contribution < 1.29 is 46.5 Å². The zero-order chi connectivity index (χ0) is 33.1. The maximum atomic E-state index is 16.5. The second kappa shape index (κ2) is 13.6. The lowest BCUT2D eigenvalue weighted by molar-refractivity contribution is -0.202. The summed E-state index contributed by atoms with van der Waals surface area (Å²) in [5.41, 5.74) is -3.05. The van der Waals surface area contributed by atoms with E-state index in [1.807, 2.05) is 0 Å². The van der Waals surface area contributed by atoms with Crippen LogP contribution in [0.4, 0.5) is 8.78 Å². The van der Waals surface area contributed by atoms with Crippen molar-refractivity contribution in [3.63, 3.8) is 0 Å². The molecule has 16 heteroatoms. The van der Waals surface area contributed by atoms with E-state index in [0.717, 1.165) is 30.2 Å². The fourth-order valence-corrected chi connectivity index (χ4v) is 6.84. The van der Waals surface area contributed by atoms with E-state index in [9.17, 15) is 14.5 Å². The quantitative estimate of drug-likeness (QED) is 0.159. The van der Waals surface area contributed by atoms with Gasteiger partial charge in [-0.2, -0.15) is 10.1 Å². The normalized spacial score (nSPS) is 27.1. The maximum absolute atomic E-state index is 16.5. The Morgan fingerprint density at radius 3 is 2.65 bits per heavy atom. The number of carbonyl (C=O) groups excluding carboxylic acids is 1. The molecule has 5 rings (SSSR count). The number of carbonyl (C=O) groups is 1. The third kappa shape index (κ3) is 6.86. The molecule has 3 heterocycles. The SMILES string of the molecule is C#C[C@]1(F)[C@H](n2cnc3c(OCC)nc(C)nc32)O[C@](F)(COP(=O)(NC(C)C(=O)OC2CCCCC2)Oc2ccccc2)[C@H]1O. The Balaban J connectivity index is 1.39. The molecule has 1 saturated carbocycles. The number of alkyl halides is 2. The minimum Gasteiger partial charge on any atom is -0.476 e. The number of terminal acetylenes is 1. The average molecular weight is 664 g/mol. The molecule has 2 N–H and O–H groups in total. The Bertz CT molecular complexity index is 1630.